The lowest BCUT2D eigenvalue weighted by molar-refractivity contribution is -0.154. The van der Waals surface area contributed by atoms with Gasteiger partial charge in [-0.05, 0) is 24.3 Å². The van der Waals surface area contributed by atoms with Crippen molar-refractivity contribution in [1.29, 1.82) is 0 Å². The highest BCUT2D eigenvalue weighted by Crippen LogP contribution is 2.25. The number of fused-ring (bicyclic) bond motifs is 1. The number of amides is 1. The average molecular weight is 447 g/mol. The van der Waals surface area contributed by atoms with Crippen molar-refractivity contribution in [3.8, 4) is 5.75 Å². The van der Waals surface area contributed by atoms with Crippen molar-refractivity contribution < 1.29 is 19.1 Å². The number of anilines is 1. The molecule has 0 radical (unpaired) electrons. The standard InChI is InChI=1S/C25H22N2O4S/c1-30-19-11-7-10-18(16-19)26-25(29)24(17-8-3-2-4-9-17)31-23(28)15-14-22-27-20-12-5-6-13-21(20)32-22/h2-13,16,24H,14-15H2,1H3,(H,26,29). The lowest BCUT2D eigenvalue weighted by Gasteiger charge is -2.18. The Bertz CT molecular complexity index is 1190. The van der Waals surface area contributed by atoms with Gasteiger partial charge in [-0.3, -0.25) is 9.59 Å². The summed E-state index contributed by atoms with van der Waals surface area (Å²) in [4.78, 5) is 30.2. The normalized spacial score (nSPS) is 11.7. The van der Waals surface area contributed by atoms with Crippen LogP contribution in [0.25, 0.3) is 10.2 Å². The fourth-order valence-corrected chi connectivity index (χ4v) is 4.20. The molecule has 0 saturated carbocycles. The maximum Gasteiger partial charge on any atom is 0.307 e. The van der Waals surface area contributed by atoms with Gasteiger partial charge in [-0.1, -0.05) is 48.5 Å². The van der Waals surface area contributed by atoms with Crippen LogP contribution in [0.15, 0.2) is 78.9 Å². The van der Waals surface area contributed by atoms with Crippen LogP contribution < -0.4 is 10.1 Å². The number of carbonyl (C=O) groups excluding carboxylic acids is 2. The molecule has 0 aliphatic rings. The summed E-state index contributed by atoms with van der Waals surface area (Å²) in [5.74, 6) is -0.274. The zero-order chi connectivity index (χ0) is 22.3. The number of nitrogens with one attached hydrogen (secondary N) is 1. The second-order valence-electron chi connectivity index (χ2n) is 7.08. The van der Waals surface area contributed by atoms with E-state index in [0.717, 1.165) is 15.2 Å². The van der Waals surface area contributed by atoms with Crippen molar-refractivity contribution in [3.05, 3.63) is 89.4 Å². The van der Waals surface area contributed by atoms with Gasteiger partial charge in [-0.25, -0.2) is 4.98 Å². The molecule has 0 aliphatic heterocycles. The van der Waals surface area contributed by atoms with Gasteiger partial charge in [0.25, 0.3) is 5.91 Å². The average Bonchev–Trinajstić information content (AvgIpc) is 3.25. The Kier molecular flexibility index (Phi) is 6.77. The first kappa shape index (κ1) is 21.5. The SMILES string of the molecule is COc1cccc(NC(=O)C(OC(=O)CCc2nc3ccccc3s2)c2ccccc2)c1. The van der Waals surface area contributed by atoms with Crippen molar-refractivity contribution >= 4 is 39.1 Å². The molecule has 0 spiro atoms. The molecule has 1 atom stereocenters. The summed E-state index contributed by atoms with van der Waals surface area (Å²) >= 11 is 1.56. The Hall–Kier alpha value is -3.71. The molecule has 3 aromatic carbocycles. The second kappa shape index (κ2) is 10.1. The van der Waals surface area contributed by atoms with E-state index in [4.69, 9.17) is 9.47 Å². The van der Waals surface area contributed by atoms with Gasteiger partial charge in [-0.15, -0.1) is 11.3 Å². The quantitative estimate of drug-likeness (QED) is 0.378. The Morgan fingerprint density at radius 3 is 2.56 bits per heavy atom. The van der Waals surface area contributed by atoms with Crippen molar-refractivity contribution in [2.24, 2.45) is 0 Å². The number of carbonyl (C=O) groups is 2. The van der Waals surface area contributed by atoms with Gasteiger partial charge in [0.2, 0.25) is 6.10 Å². The molecule has 1 aromatic heterocycles. The molecular formula is C25H22N2O4S. The molecule has 1 N–H and O–H groups in total. The van der Waals surface area contributed by atoms with E-state index in [9.17, 15) is 9.59 Å². The van der Waals surface area contributed by atoms with Gasteiger partial charge in [0.1, 0.15) is 5.75 Å². The van der Waals surface area contributed by atoms with Crippen LogP contribution in [-0.2, 0) is 20.7 Å². The van der Waals surface area contributed by atoms with Crippen LogP contribution in [-0.4, -0.2) is 24.0 Å². The minimum Gasteiger partial charge on any atom is -0.497 e. The van der Waals surface area contributed by atoms with Gasteiger partial charge in [0.05, 0.1) is 28.8 Å². The summed E-state index contributed by atoms with van der Waals surface area (Å²) in [6.07, 6.45) is -0.474. The highest BCUT2D eigenvalue weighted by Gasteiger charge is 2.25. The zero-order valence-electron chi connectivity index (χ0n) is 17.5. The molecular weight excluding hydrogens is 424 g/mol. The van der Waals surface area contributed by atoms with E-state index in [0.29, 0.717) is 23.4 Å². The minimum atomic E-state index is -1.06. The molecule has 6 nitrogen and oxygen atoms in total. The number of hydrogen-bond acceptors (Lipinski definition) is 6. The molecule has 162 valence electrons. The van der Waals surface area contributed by atoms with Gasteiger partial charge in [0, 0.05) is 23.7 Å². The Morgan fingerprint density at radius 2 is 1.78 bits per heavy atom. The predicted octanol–water partition coefficient (Wildman–Crippen LogP) is 5.16. The van der Waals surface area contributed by atoms with Crippen LogP contribution in [0.2, 0.25) is 0 Å². The third kappa shape index (κ3) is 5.31. The van der Waals surface area contributed by atoms with E-state index in [-0.39, 0.29) is 6.42 Å². The molecule has 0 saturated heterocycles. The first-order valence-corrected chi connectivity index (χ1v) is 11.0. The van der Waals surface area contributed by atoms with Crippen LogP contribution in [0.4, 0.5) is 5.69 Å². The number of para-hydroxylation sites is 1. The van der Waals surface area contributed by atoms with Crippen LogP contribution in [0.5, 0.6) is 5.75 Å². The van der Waals surface area contributed by atoms with Crippen LogP contribution >= 0.6 is 11.3 Å². The number of thiazole rings is 1. The summed E-state index contributed by atoms with van der Waals surface area (Å²) in [6.45, 7) is 0. The van der Waals surface area contributed by atoms with E-state index in [2.05, 4.69) is 10.3 Å². The summed E-state index contributed by atoms with van der Waals surface area (Å²) in [5, 5.41) is 3.67. The van der Waals surface area contributed by atoms with Crippen molar-refractivity contribution in [3.63, 3.8) is 0 Å². The minimum absolute atomic E-state index is 0.135. The first-order chi connectivity index (χ1) is 15.6. The molecule has 32 heavy (non-hydrogen) atoms. The number of esters is 1. The van der Waals surface area contributed by atoms with Crippen molar-refractivity contribution in [2.75, 3.05) is 12.4 Å². The van der Waals surface area contributed by atoms with E-state index in [1.54, 1.807) is 67.0 Å². The van der Waals surface area contributed by atoms with Gasteiger partial charge in [-0.2, -0.15) is 0 Å². The summed E-state index contributed by atoms with van der Waals surface area (Å²) in [7, 11) is 1.56. The predicted molar refractivity (Wildman–Crippen MR) is 125 cm³/mol. The molecule has 1 heterocycles. The van der Waals surface area contributed by atoms with Crippen LogP contribution in [0.1, 0.15) is 23.1 Å². The van der Waals surface area contributed by atoms with E-state index < -0.39 is 18.0 Å². The first-order valence-electron chi connectivity index (χ1n) is 10.2. The smallest absolute Gasteiger partial charge is 0.307 e. The topological polar surface area (TPSA) is 77.5 Å². The Balaban J connectivity index is 1.45. The highest BCUT2D eigenvalue weighted by atomic mass is 32.1. The van der Waals surface area contributed by atoms with Crippen LogP contribution in [0.3, 0.4) is 0 Å². The van der Waals surface area contributed by atoms with E-state index in [1.165, 1.54) is 0 Å². The number of hydrogen-bond donors (Lipinski definition) is 1. The second-order valence-corrected chi connectivity index (χ2v) is 8.19. The molecule has 4 rings (SSSR count). The Morgan fingerprint density at radius 1 is 1.00 bits per heavy atom. The van der Waals surface area contributed by atoms with Crippen molar-refractivity contribution in [2.45, 2.75) is 18.9 Å². The fraction of sp³-hybridized carbons (Fsp3) is 0.160. The number of methoxy groups -OCH3 is 1. The fourth-order valence-electron chi connectivity index (χ4n) is 3.24. The number of benzene rings is 3. The number of rotatable bonds is 8. The van der Waals surface area contributed by atoms with Gasteiger partial charge >= 0.3 is 5.97 Å². The number of nitrogens with zero attached hydrogens (tertiary/aromatic N) is 1. The number of aromatic nitrogens is 1. The van der Waals surface area contributed by atoms with Crippen molar-refractivity contribution in [1.82, 2.24) is 4.98 Å². The zero-order valence-corrected chi connectivity index (χ0v) is 18.3. The summed E-state index contributed by atoms with van der Waals surface area (Å²) < 4.78 is 11.9. The third-order valence-electron chi connectivity index (χ3n) is 4.81. The molecule has 1 unspecified atom stereocenters. The Labute approximate surface area is 189 Å². The van der Waals surface area contributed by atoms with E-state index in [1.807, 2.05) is 30.3 Å². The lowest BCUT2D eigenvalue weighted by Crippen LogP contribution is -2.26. The van der Waals surface area contributed by atoms with Gasteiger partial charge in [0.15, 0.2) is 0 Å². The lowest BCUT2D eigenvalue weighted by atomic mass is 10.1. The molecule has 0 aliphatic carbocycles. The summed E-state index contributed by atoms with van der Waals surface area (Å²) in [6, 6.07) is 23.8. The van der Waals surface area contributed by atoms with Crippen LogP contribution in [0, 0.1) is 0 Å². The molecule has 0 bridgehead atoms. The molecule has 0 fully saturated rings. The maximum absolute atomic E-state index is 13.0. The molecule has 7 heteroatoms. The number of aryl methyl sites for hydroxylation is 1. The molecule has 4 aromatic rings. The molecule has 1 amide bonds. The summed E-state index contributed by atoms with van der Waals surface area (Å²) in [5.41, 5.74) is 2.07. The monoisotopic (exact) mass is 446 g/mol. The van der Waals surface area contributed by atoms with Gasteiger partial charge < -0.3 is 14.8 Å². The largest absolute Gasteiger partial charge is 0.497 e. The third-order valence-corrected chi connectivity index (χ3v) is 5.90. The highest BCUT2D eigenvalue weighted by molar-refractivity contribution is 7.18. The maximum atomic E-state index is 13.0. The number of ether oxygens (including phenoxy) is 2. The van der Waals surface area contributed by atoms with E-state index >= 15 is 0 Å².